The Labute approximate surface area is 117 Å². The first-order valence-electron chi connectivity index (χ1n) is 6.83. The Morgan fingerprint density at radius 3 is 2.67 bits per heavy atom. The average Bonchev–Trinajstić information content (AvgIpc) is 2.64. The van der Waals surface area contributed by atoms with E-state index in [1.54, 1.807) is 11.3 Å². The van der Waals surface area contributed by atoms with Crippen LogP contribution in [0.5, 0.6) is 0 Å². The van der Waals surface area contributed by atoms with E-state index in [1.165, 1.54) is 41.9 Å². The standard InChI is InChI=1S/C14H19NOS2/c16-14(15-6-3-1-2-4-7-15)13-9-11-10-17-8-5-12(11)18-13/h9H,1-8,10H2. The highest BCUT2D eigenvalue weighted by atomic mass is 32.2. The lowest BCUT2D eigenvalue weighted by molar-refractivity contribution is 0.0766. The fourth-order valence-corrected chi connectivity index (χ4v) is 5.02. The van der Waals surface area contributed by atoms with Crippen LogP contribution in [0.1, 0.15) is 45.8 Å². The molecule has 0 radical (unpaired) electrons. The number of likely N-dealkylation sites (tertiary alicyclic amines) is 1. The third kappa shape index (κ3) is 2.59. The molecule has 98 valence electrons. The van der Waals surface area contributed by atoms with E-state index in [2.05, 4.69) is 11.0 Å². The zero-order chi connectivity index (χ0) is 12.4. The summed E-state index contributed by atoms with van der Waals surface area (Å²) in [6.07, 6.45) is 6.06. The molecule has 2 nitrogen and oxygen atoms in total. The molecule has 2 aliphatic rings. The molecule has 0 bridgehead atoms. The van der Waals surface area contributed by atoms with Gasteiger partial charge < -0.3 is 4.90 Å². The maximum Gasteiger partial charge on any atom is 0.263 e. The van der Waals surface area contributed by atoms with Crippen molar-refractivity contribution in [2.45, 2.75) is 37.9 Å². The number of hydrogen-bond acceptors (Lipinski definition) is 3. The second-order valence-corrected chi connectivity index (χ2v) is 7.31. The van der Waals surface area contributed by atoms with Crippen LogP contribution in [-0.4, -0.2) is 29.6 Å². The second-order valence-electron chi connectivity index (χ2n) is 5.07. The van der Waals surface area contributed by atoms with Gasteiger partial charge in [0.25, 0.3) is 5.91 Å². The third-order valence-corrected chi connectivity index (χ3v) is 5.96. The Morgan fingerprint density at radius 1 is 1.17 bits per heavy atom. The number of thioether (sulfide) groups is 1. The van der Waals surface area contributed by atoms with Crippen LogP contribution in [0.15, 0.2) is 6.07 Å². The van der Waals surface area contributed by atoms with Crippen molar-refractivity contribution in [2.75, 3.05) is 18.8 Å². The van der Waals surface area contributed by atoms with E-state index in [9.17, 15) is 4.79 Å². The number of nitrogens with zero attached hydrogens (tertiary/aromatic N) is 1. The average molecular weight is 281 g/mol. The first-order valence-corrected chi connectivity index (χ1v) is 8.80. The molecule has 2 aliphatic heterocycles. The van der Waals surface area contributed by atoms with E-state index in [1.807, 2.05) is 11.8 Å². The maximum atomic E-state index is 12.5. The van der Waals surface area contributed by atoms with Gasteiger partial charge in [0.2, 0.25) is 0 Å². The molecule has 0 aliphatic carbocycles. The predicted octanol–water partition coefficient (Wildman–Crippen LogP) is 3.55. The highest BCUT2D eigenvalue weighted by molar-refractivity contribution is 7.98. The number of hydrogen-bond donors (Lipinski definition) is 0. The Hall–Kier alpha value is -0.480. The Bertz CT molecular complexity index is 410. The van der Waals surface area contributed by atoms with Crippen molar-refractivity contribution in [1.29, 1.82) is 0 Å². The van der Waals surface area contributed by atoms with E-state index in [4.69, 9.17) is 0 Å². The van der Waals surface area contributed by atoms with Crippen LogP contribution >= 0.6 is 23.1 Å². The van der Waals surface area contributed by atoms with Crippen molar-refractivity contribution in [1.82, 2.24) is 4.90 Å². The fourth-order valence-electron chi connectivity index (χ4n) is 2.68. The highest BCUT2D eigenvalue weighted by Crippen LogP contribution is 2.32. The number of aryl methyl sites for hydroxylation is 1. The Balaban J connectivity index is 1.76. The van der Waals surface area contributed by atoms with Crippen LogP contribution in [0.2, 0.25) is 0 Å². The summed E-state index contributed by atoms with van der Waals surface area (Å²) in [5, 5.41) is 0. The predicted molar refractivity (Wildman–Crippen MR) is 78.6 cm³/mol. The lowest BCUT2D eigenvalue weighted by Gasteiger charge is -2.19. The monoisotopic (exact) mass is 281 g/mol. The number of rotatable bonds is 1. The van der Waals surface area contributed by atoms with Crippen molar-refractivity contribution in [3.05, 3.63) is 21.4 Å². The minimum atomic E-state index is 0.279. The van der Waals surface area contributed by atoms with Crippen LogP contribution in [0, 0.1) is 0 Å². The lowest BCUT2D eigenvalue weighted by Crippen LogP contribution is -2.31. The molecule has 4 heteroatoms. The van der Waals surface area contributed by atoms with Gasteiger partial charge in [-0.25, -0.2) is 0 Å². The lowest BCUT2D eigenvalue weighted by atomic mass is 10.2. The molecule has 3 heterocycles. The van der Waals surface area contributed by atoms with E-state index < -0.39 is 0 Å². The molecule has 1 aromatic rings. The molecule has 0 saturated carbocycles. The Morgan fingerprint density at radius 2 is 1.94 bits per heavy atom. The Kier molecular flexibility index (Phi) is 3.94. The van der Waals surface area contributed by atoms with Crippen molar-refractivity contribution in [2.24, 2.45) is 0 Å². The molecule has 0 atom stereocenters. The largest absolute Gasteiger partial charge is 0.338 e. The topological polar surface area (TPSA) is 20.3 Å². The van der Waals surface area contributed by atoms with Gasteiger partial charge >= 0.3 is 0 Å². The van der Waals surface area contributed by atoms with Gasteiger partial charge in [-0.2, -0.15) is 11.8 Å². The first-order chi connectivity index (χ1) is 8.84. The number of carbonyl (C=O) groups excluding carboxylic acids is 1. The molecule has 1 fully saturated rings. The van der Waals surface area contributed by atoms with Crippen LogP contribution in [0.4, 0.5) is 0 Å². The number of amides is 1. The molecule has 0 unspecified atom stereocenters. The molecule has 1 aromatic heterocycles. The van der Waals surface area contributed by atoms with E-state index in [0.717, 1.165) is 30.1 Å². The second kappa shape index (κ2) is 5.66. The summed E-state index contributed by atoms with van der Waals surface area (Å²) in [5.41, 5.74) is 1.41. The third-order valence-electron chi connectivity index (χ3n) is 3.73. The molecule has 0 N–H and O–H groups in total. The van der Waals surface area contributed by atoms with Gasteiger partial charge in [-0.1, -0.05) is 12.8 Å². The molecular weight excluding hydrogens is 262 g/mol. The number of thiophene rings is 1. The minimum absolute atomic E-state index is 0.279. The van der Waals surface area contributed by atoms with E-state index in [0.29, 0.717) is 0 Å². The first kappa shape index (κ1) is 12.5. The zero-order valence-electron chi connectivity index (χ0n) is 10.6. The van der Waals surface area contributed by atoms with E-state index >= 15 is 0 Å². The SMILES string of the molecule is O=C(c1cc2c(s1)CCSC2)N1CCCCCC1. The molecule has 3 rings (SSSR count). The molecule has 0 aromatic carbocycles. The molecule has 18 heavy (non-hydrogen) atoms. The summed E-state index contributed by atoms with van der Waals surface area (Å²) >= 11 is 3.72. The minimum Gasteiger partial charge on any atom is -0.338 e. The van der Waals surface area contributed by atoms with Crippen LogP contribution < -0.4 is 0 Å². The van der Waals surface area contributed by atoms with Gasteiger partial charge in [-0.05, 0) is 36.6 Å². The summed E-state index contributed by atoms with van der Waals surface area (Å²) < 4.78 is 0. The fraction of sp³-hybridized carbons (Fsp3) is 0.643. The van der Waals surface area contributed by atoms with Gasteiger partial charge in [0.05, 0.1) is 4.88 Å². The summed E-state index contributed by atoms with van der Waals surface area (Å²) in [6.45, 7) is 1.91. The summed E-state index contributed by atoms with van der Waals surface area (Å²) in [7, 11) is 0. The van der Waals surface area contributed by atoms with Gasteiger partial charge in [-0.15, -0.1) is 11.3 Å². The quantitative estimate of drug-likeness (QED) is 0.784. The zero-order valence-corrected chi connectivity index (χ0v) is 12.2. The summed E-state index contributed by atoms with van der Waals surface area (Å²) in [4.78, 5) is 17.0. The molecule has 1 saturated heterocycles. The summed E-state index contributed by atoms with van der Waals surface area (Å²) in [6, 6.07) is 2.15. The van der Waals surface area contributed by atoms with Gasteiger partial charge in [-0.3, -0.25) is 4.79 Å². The van der Waals surface area contributed by atoms with Gasteiger partial charge in [0.15, 0.2) is 0 Å². The highest BCUT2D eigenvalue weighted by Gasteiger charge is 2.22. The number of fused-ring (bicyclic) bond motifs is 1. The van der Waals surface area contributed by atoms with Crippen LogP contribution in [-0.2, 0) is 12.2 Å². The van der Waals surface area contributed by atoms with Crippen LogP contribution in [0.3, 0.4) is 0 Å². The molecular formula is C14H19NOS2. The number of carbonyl (C=O) groups is 1. The van der Waals surface area contributed by atoms with Crippen molar-refractivity contribution in [3.63, 3.8) is 0 Å². The molecule has 0 spiro atoms. The van der Waals surface area contributed by atoms with E-state index in [-0.39, 0.29) is 5.91 Å². The van der Waals surface area contributed by atoms with Crippen molar-refractivity contribution < 1.29 is 4.79 Å². The summed E-state index contributed by atoms with van der Waals surface area (Å²) in [5.74, 6) is 2.59. The van der Waals surface area contributed by atoms with Crippen LogP contribution in [0.25, 0.3) is 0 Å². The van der Waals surface area contributed by atoms with Gasteiger partial charge in [0.1, 0.15) is 0 Å². The molecule has 1 amide bonds. The maximum absolute atomic E-state index is 12.5. The van der Waals surface area contributed by atoms with Crippen molar-refractivity contribution >= 4 is 29.0 Å². The smallest absolute Gasteiger partial charge is 0.263 e. The van der Waals surface area contributed by atoms with Crippen molar-refractivity contribution in [3.8, 4) is 0 Å². The normalized spacial score (nSPS) is 20.3. The van der Waals surface area contributed by atoms with Gasteiger partial charge in [0, 0.05) is 23.7 Å².